The van der Waals surface area contributed by atoms with Gasteiger partial charge in [-0.3, -0.25) is 19.0 Å². The smallest absolute Gasteiger partial charge is 0.306 e. The van der Waals surface area contributed by atoms with E-state index in [1.165, 1.54) is 71.3 Å². The first-order valence-electron chi connectivity index (χ1n) is 13.9. The highest BCUT2D eigenvalue weighted by Gasteiger charge is 2.25. The van der Waals surface area contributed by atoms with Crippen LogP contribution < -0.4 is 11.5 Å². The van der Waals surface area contributed by atoms with Gasteiger partial charge in [-0.05, 0) is 101 Å². The summed E-state index contributed by atoms with van der Waals surface area (Å²) in [7, 11) is 0. The lowest BCUT2D eigenvalue weighted by atomic mass is 10.1. The van der Waals surface area contributed by atoms with Crippen molar-refractivity contribution in [2.45, 2.75) is 65.0 Å². The van der Waals surface area contributed by atoms with Crippen molar-refractivity contribution in [3.63, 3.8) is 0 Å². The fraction of sp³-hybridized carbons (Fsp3) is 0.312. The van der Waals surface area contributed by atoms with Crippen molar-refractivity contribution < 1.29 is 28.0 Å². The van der Waals surface area contributed by atoms with Crippen LogP contribution >= 0.6 is 0 Å². The molecule has 0 aliphatic rings. The van der Waals surface area contributed by atoms with Crippen LogP contribution in [0.3, 0.4) is 0 Å². The summed E-state index contributed by atoms with van der Waals surface area (Å²) >= 11 is 0. The minimum Gasteiger partial charge on any atom is -0.460 e. The maximum absolute atomic E-state index is 13.7. The fourth-order valence-electron chi connectivity index (χ4n) is 4.65. The van der Waals surface area contributed by atoms with Gasteiger partial charge in [-0.25, -0.2) is 13.8 Å². The maximum Gasteiger partial charge on any atom is 0.306 e. The zero-order chi connectivity index (χ0) is 31.3. The summed E-state index contributed by atoms with van der Waals surface area (Å²) in [5, 5.41) is 1.19. The molecule has 1 unspecified atom stereocenters. The van der Waals surface area contributed by atoms with E-state index in [2.05, 4.69) is 0 Å². The Hall–Kier alpha value is -4.48. The number of unbranched alkanes of at least 4 members (excludes halogenated alkanes) is 1. The third-order valence-electron chi connectivity index (χ3n) is 6.74. The monoisotopic (exact) mass is 592 g/mol. The number of benzene rings is 3. The van der Waals surface area contributed by atoms with Crippen LogP contribution in [0.1, 0.15) is 74.7 Å². The second-order valence-corrected chi connectivity index (χ2v) is 11.1. The first kappa shape index (κ1) is 31.5. The standard InChI is InChI=1S/C32H34F2N4O5/c1-20(21-9-12-23(33)13-10-21)38(43-35)30(40)22-11-18-26-27(19-22)36-28(7-5-6-8-29(39)42-32(2,3)4)37(31(26)41)25-16-14-24(34)15-17-25/h9-20H,5-8,35H2,1-4H3. The molecule has 3 aromatic carbocycles. The van der Waals surface area contributed by atoms with Crippen molar-refractivity contribution >= 4 is 22.8 Å². The first-order chi connectivity index (χ1) is 20.4. The van der Waals surface area contributed by atoms with E-state index < -0.39 is 34.7 Å². The lowest BCUT2D eigenvalue weighted by molar-refractivity contribution is -0.154. The van der Waals surface area contributed by atoms with Crippen molar-refractivity contribution in [1.82, 2.24) is 14.6 Å². The van der Waals surface area contributed by atoms with E-state index in [-0.39, 0.29) is 28.9 Å². The van der Waals surface area contributed by atoms with Gasteiger partial charge in [-0.15, -0.1) is 0 Å². The molecular formula is C32H34F2N4O5. The van der Waals surface area contributed by atoms with E-state index in [9.17, 15) is 23.2 Å². The number of carbonyl (C=O) groups is 2. The molecule has 0 radical (unpaired) electrons. The van der Waals surface area contributed by atoms with E-state index in [0.717, 1.165) is 5.06 Å². The Bertz CT molecular complexity index is 1670. The van der Waals surface area contributed by atoms with E-state index >= 15 is 0 Å². The first-order valence-corrected chi connectivity index (χ1v) is 13.9. The Balaban J connectivity index is 1.67. The molecule has 226 valence electrons. The lowest BCUT2D eigenvalue weighted by Crippen LogP contribution is -2.36. The van der Waals surface area contributed by atoms with Crippen LogP contribution in [0.5, 0.6) is 0 Å². The average molecular weight is 593 g/mol. The molecule has 0 spiro atoms. The zero-order valence-corrected chi connectivity index (χ0v) is 24.5. The van der Waals surface area contributed by atoms with Gasteiger partial charge in [0.2, 0.25) is 0 Å². The number of aromatic nitrogens is 2. The largest absolute Gasteiger partial charge is 0.460 e. The van der Waals surface area contributed by atoms with Gasteiger partial charge >= 0.3 is 5.97 Å². The van der Waals surface area contributed by atoms with E-state index in [0.29, 0.717) is 36.3 Å². The number of hydrogen-bond donors (Lipinski definition) is 1. The summed E-state index contributed by atoms with van der Waals surface area (Å²) < 4.78 is 33.9. The van der Waals surface area contributed by atoms with E-state index in [1.807, 2.05) is 0 Å². The number of hydrogen-bond acceptors (Lipinski definition) is 7. The predicted molar refractivity (Wildman–Crippen MR) is 157 cm³/mol. The number of ether oxygens (including phenoxy) is 1. The molecule has 0 saturated heterocycles. The van der Waals surface area contributed by atoms with Crippen LogP contribution in [-0.2, 0) is 20.9 Å². The molecule has 2 N–H and O–H groups in total. The molecule has 0 saturated carbocycles. The van der Waals surface area contributed by atoms with Gasteiger partial charge in [0.25, 0.3) is 11.5 Å². The van der Waals surface area contributed by atoms with Crippen LogP contribution in [0.25, 0.3) is 16.6 Å². The fourth-order valence-corrected chi connectivity index (χ4v) is 4.65. The number of aryl methyl sites for hydroxylation is 1. The molecule has 4 aromatic rings. The summed E-state index contributed by atoms with van der Waals surface area (Å²) in [6.07, 6.45) is 1.53. The molecule has 11 heteroatoms. The molecule has 1 amide bonds. The number of fused-ring (bicyclic) bond motifs is 1. The Morgan fingerprint density at radius 1 is 0.977 bits per heavy atom. The second-order valence-electron chi connectivity index (χ2n) is 11.1. The van der Waals surface area contributed by atoms with Crippen LogP contribution in [-0.4, -0.2) is 32.1 Å². The van der Waals surface area contributed by atoms with Gasteiger partial charge in [-0.1, -0.05) is 12.1 Å². The molecule has 0 aliphatic carbocycles. The Kier molecular flexibility index (Phi) is 9.67. The predicted octanol–water partition coefficient (Wildman–Crippen LogP) is 5.73. The summed E-state index contributed by atoms with van der Waals surface area (Å²) in [6.45, 7) is 7.07. The lowest BCUT2D eigenvalue weighted by Gasteiger charge is -2.26. The molecule has 4 rings (SSSR count). The Labute approximate surface area is 247 Å². The highest BCUT2D eigenvalue weighted by atomic mass is 19.1. The van der Waals surface area contributed by atoms with Crippen molar-refractivity contribution in [3.8, 4) is 5.69 Å². The number of amides is 1. The number of hydroxylamine groups is 2. The third kappa shape index (κ3) is 7.68. The van der Waals surface area contributed by atoms with Crippen molar-refractivity contribution in [2.75, 3.05) is 0 Å². The van der Waals surface area contributed by atoms with Gasteiger partial charge < -0.3 is 4.74 Å². The highest BCUT2D eigenvalue weighted by molar-refractivity contribution is 5.97. The van der Waals surface area contributed by atoms with Gasteiger partial charge in [0.1, 0.15) is 23.1 Å². The van der Waals surface area contributed by atoms with Crippen molar-refractivity contribution in [1.29, 1.82) is 0 Å². The molecule has 1 heterocycles. The molecule has 0 bridgehead atoms. The number of nitrogens with two attached hydrogens (primary N) is 1. The van der Waals surface area contributed by atoms with Crippen molar-refractivity contribution in [2.24, 2.45) is 5.90 Å². The molecule has 43 heavy (non-hydrogen) atoms. The number of halogens is 2. The molecule has 1 atom stereocenters. The van der Waals surface area contributed by atoms with Crippen LogP contribution in [0, 0.1) is 11.6 Å². The SMILES string of the molecule is CC(c1ccc(F)cc1)N(ON)C(=O)c1ccc2c(=O)n(-c3ccc(F)cc3)c(CCCCC(=O)OC(C)(C)C)nc2c1. The molecule has 9 nitrogen and oxygen atoms in total. The summed E-state index contributed by atoms with van der Waals surface area (Å²) in [6, 6.07) is 14.8. The molecule has 0 fully saturated rings. The number of rotatable bonds is 10. The van der Waals surface area contributed by atoms with Crippen molar-refractivity contribution in [3.05, 3.63) is 106 Å². The quantitative estimate of drug-likeness (QED) is 0.142. The zero-order valence-electron chi connectivity index (χ0n) is 24.5. The van der Waals surface area contributed by atoms with Crippen LogP contribution in [0.15, 0.2) is 71.5 Å². The number of carbonyl (C=O) groups excluding carboxylic acids is 2. The van der Waals surface area contributed by atoms with Crippen LogP contribution in [0.2, 0.25) is 0 Å². The van der Waals surface area contributed by atoms with E-state index in [1.54, 1.807) is 27.7 Å². The minimum absolute atomic E-state index is 0.161. The maximum atomic E-state index is 13.7. The number of esters is 1. The van der Waals surface area contributed by atoms with Gasteiger partial charge in [0.15, 0.2) is 0 Å². The second kappa shape index (κ2) is 13.2. The normalized spacial score (nSPS) is 12.3. The van der Waals surface area contributed by atoms with Crippen LogP contribution in [0.4, 0.5) is 8.78 Å². The average Bonchev–Trinajstić information content (AvgIpc) is 2.95. The highest BCUT2D eigenvalue weighted by Crippen LogP contribution is 2.24. The topological polar surface area (TPSA) is 117 Å². The number of nitrogens with zero attached hydrogens (tertiary/aromatic N) is 3. The molecule has 0 aliphatic heterocycles. The van der Waals surface area contributed by atoms with E-state index in [4.69, 9.17) is 20.6 Å². The molecular weight excluding hydrogens is 558 g/mol. The summed E-state index contributed by atoms with van der Waals surface area (Å²) in [5.74, 6) is 4.06. The Morgan fingerprint density at radius 3 is 2.21 bits per heavy atom. The third-order valence-corrected chi connectivity index (χ3v) is 6.74. The van der Waals surface area contributed by atoms with Gasteiger partial charge in [0.05, 0.1) is 22.6 Å². The molecule has 1 aromatic heterocycles. The minimum atomic E-state index is -0.659. The Morgan fingerprint density at radius 2 is 1.60 bits per heavy atom. The van der Waals surface area contributed by atoms with Gasteiger partial charge in [0, 0.05) is 18.4 Å². The summed E-state index contributed by atoms with van der Waals surface area (Å²) in [5.41, 5.74) is 0.464. The summed E-state index contributed by atoms with van der Waals surface area (Å²) in [4.78, 5) is 48.9. The van der Waals surface area contributed by atoms with Gasteiger partial charge in [-0.2, -0.15) is 15.9 Å².